The molecule has 3 aliphatic rings. The summed E-state index contributed by atoms with van der Waals surface area (Å²) in [5, 5.41) is 0. The predicted molar refractivity (Wildman–Crippen MR) is 76.3 cm³/mol. The Labute approximate surface area is 121 Å². The summed E-state index contributed by atoms with van der Waals surface area (Å²) in [4.78, 5) is 13.5. The molecule has 1 aromatic rings. The van der Waals surface area contributed by atoms with Crippen molar-refractivity contribution in [2.75, 3.05) is 0 Å². The number of hydrogen-bond acceptors (Lipinski definition) is 1. The quantitative estimate of drug-likeness (QED) is 0.677. The van der Waals surface area contributed by atoms with Crippen molar-refractivity contribution in [3.05, 3.63) is 47.4 Å². The molecule has 98 valence electrons. The van der Waals surface area contributed by atoms with Crippen LogP contribution < -0.4 is 0 Å². The standard InChI is InChI=1S/C18H20O/c19-17-15-10-4-3-9-14(15)16-11-5-6-12-18(16,17)13-7-1-2-8-13/h1-4,9-10,13,16H,5-8,11-12H2/t16-,18+/m1/s1/i3D,4D,7D,9D,10D/t7?,13?,16-,18+. The first kappa shape index (κ1) is 7.42. The Balaban J connectivity index is 1.98. The van der Waals surface area contributed by atoms with Crippen LogP contribution in [0.2, 0.25) is 0 Å². The highest BCUT2D eigenvalue weighted by molar-refractivity contribution is 6.06. The lowest BCUT2D eigenvalue weighted by atomic mass is 9.59. The van der Waals surface area contributed by atoms with Crippen LogP contribution in [0.5, 0.6) is 0 Å². The van der Waals surface area contributed by atoms with E-state index in [1.807, 2.05) is 12.2 Å². The topological polar surface area (TPSA) is 17.1 Å². The van der Waals surface area contributed by atoms with Gasteiger partial charge in [-0.05, 0) is 43.1 Å². The minimum absolute atomic E-state index is 0.0550. The van der Waals surface area contributed by atoms with E-state index in [0.717, 1.165) is 19.3 Å². The number of fused-ring (bicyclic) bond motifs is 3. The molecule has 0 heterocycles. The Morgan fingerprint density at radius 1 is 1.26 bits per heavy atom. The van der Waals surface area contributed by atoms with Crippen molar-refractivity contribution in [3.8, 4) is 0 Å². The highest BCUT2D eigenvalue weighted by Gasteiger charge is 2.57. The second kappa shape index (κ2) is 4.06. The van der Waals surface area contributed by atoms with Gasteiger partial charge in [0.15, 0.2) is 5.78 Å². The van der Waals surface area contributed by atoms with Crippen LogP contribution in [0.1, 0.15) is 67.2 Å². The van der Waals surface area contributed by atoms with Gasteiger partial charge in [0.05, 0.1) is 5.48 Å². The fourth-order valence-corrected chi connectivity index (χ4v) is 4.38. The van der Waals surface area contributed by atoms with Gasteiger partial charge in [-0.2, -0.15) is 0 Å². The maximum Gasteiger partial charge on any atom is 0.170 e. The number of rotatable bonds is 1. The van der Waals surface area contributed by atoms with Crippen LogP contribution in [0.3, 0.4) is 0 Å². The lowest BCUT2D eigenvalue weighted by molar-refractivity contribution is 0.0519. The molecular formula is C18H20O. The number of carbonyl (C=O) groups is 1. The van der Waals surface area contributed by atoms with Gasteiger partial charge >= 0.3 is 0 Å². The molecule has 1 nitrogen and oxygen atoms in total. The number of benzene rings is 1. The molecule has 4 rings (SSSR count). The Morgan fingerprint density at radius 2 is 2.16 bits per heavy atom. The van der Waals surface area contributed by atoms with E-state index < -0.39 is 11.8 Å². The molecule has 2 unspecified atom stereocenters. The highest BCUT2D eigenvalue weighted by atomic mass is 16.1. The Bertz CT molecular complexity index is 771. The largest absolute Gasteiger partial charge is 0.294 e. The average molecular weight is 257 g/mol. The average Bonchev–Trinajstić information content (AvgIpc) is 3.12. The number of ketones is 1. The second-order valence-corrected chi connectivity index (χ2v) is 5.92. The smallest absolute Gasteiger partial charge is 0.170 e. The third-order valence-electron chi connectivity index (χ3n) is 5.20. The number of allylic oxidation sites excluding steroid dienone is 2. The van der Waals surface area contributed by atoms with Gasteiger partial charge in [-0.3, -0.25) is 4.79 Å². The molecule has 0 radical (unpaired) electrons. The van der Waals surface area contributed by atoms with Gasteiger partial charge in [0.1, 0.15) is 0 Å². The fourth-order valence-electron chi connectivity index (χ4n) is 4.38. The van der Waals surface area contributed by atoms with E-state index in [2.05, 4.69) is 0 Å². The van der Waals surface area contributed by atoms with Crippen LogP contribution in [-0.4, -0.2) is 5.78 Å². The van der Waals surface area contributed by atoms with Gasteiger partial charge < -0.3 is 0 Å². The molecule has 1 aromatic carbocycles. The van der Waals surface area contributed by atoms with Crippen LogP contribution >= 0.6 is 0 Å². The summed E-state index contributed by atoms with van der Waals surface area (Å²) >= 11 is 0. The monoisotopic (exact) mass is 257 g/mol. The van der Waals surface area contributed by atoms with Gasteiger partial charge in [-0.25, -0.2) is 0 Å². The van der Waals surface area contributed by atoms with Gasteiger partial charge in [0.2, 0.25) is 0 Å². The number of carbonyl (C=O) groups excluding carboxylic acids is 1. The van der Waals surface area contributed by atoms with Crippen molar-refractivity contribution in [1.29, 1.82) is 0 Å². The van der Waals surface area contributed by atoms with Crippen molar-refractivity contribution in [2.24, 2.45) is 11.3 Å². The maximum atomic E-state index is 13.5. The third kappa shape index (κ3) is 1.39. The van der Waals surface area contributed by atoms with Crippen LogP contribution in [0.4, 0.5) is 0 Å². The summed E-state index contributed by atoms with van der Waals surface area (Å²) in [6.07, 6.45) is 7.40. The molecule has 0 N–H and O–H groups in total. The first-order valence-corrected chi connectivity index (χ1v) is 7.15. The van der Waals surface area contributed by atoms with Crippen molar-refractivity contribution < 1.29 is 11.6 Å². The SMILES string of the molecule is [2H]c1c([2H])c([2H])c2c(c1[2H])C(=O)[C@]1(C3CC=CC3[2H])CCCC[C@H]21. The van der Waals surface area contributed by atoms with Crippen LogP contribution in [0.25, 0.3) is 0 Å². The molecule has 0 aliphatic heterocycles. The van der Waals surface area contributed by atoms with Gasteiger partial charge in [0.25, 0.3) is 0 Å². The van der Waals surface area contributed by atoms with Crippen LogP contribution in [0.15, 0.2) is 36.3 Å². The Kier molecular flexibility index (Phi) is 1.59. The van der Waals surface area contributed by atoms with E-state index in [1.54, 1.807) is 0 Å². The normalized spacial score (nSPS) is 43.9. The summed E-state index contributed by atoms with van der Waals surface area (Å²) in [5.74, 6) is -0.433. The molecule has 0 aromatic heterocycles. The maximum absolute atomic E-state index is 13.5. The summed E-state index contributed by atoms with van der Waals surface area (Å²) in [6, 6.07) is -0.828. The van der Waals surface area contributed by atoms with E-state index in [0.29, 0.717) is 18.4 Å². The molecule has 0 bridgehead atoms. The molecule has 1 saturated carbocycles. The first-order valence-electron chi connectivity index (χ1n) is 9.73. The van der Waals surface area contributed by atoms with Crippen molar-refractivity contribution in [3.63, 3.8) is 0 Å². The molecule has 4 atom stereocenters. The number of Topliss-reactive ketones (excluding diaryl/α,β-unsaturated/α-hetero) is 1. The van der Waals surface area contributed by atoms with E-state index in [4.69, 9.17) is 6.85 Å². The molecule has 0 spiro atoms. The molecule has 1 heteroatoms. The summed E-state index contributed by atoms with van der Waals surface area (Å²) in [6.45, 7) is 0. The summed E-state index contributed by atoms with van der Waals surface area (Å²) in [7, 11) is 0. The molecule has 1 fully saturated rings. The van der Waals surface area contributed by atoms with Gasteiger partial charge in [0, 0.05) is 12.3 Å². The molecule has 0 saturated heterocycles. The summed E-state index contributed by atoms with van der Waals surface area (Å²) in [5.41, 5.74) is -0.000648. The van der Waals surface area contributed by atoms with Crippen molar-refractivity contribution in [2.45, 2.75) is 44.4 Å². The molecular weight excluding hydrogens is 232 g/mol. The first-order chi connectivity index (χ1) is 11.4. The number of hydrogen-bond donors (Lipinski definition) is 0. The minimum atomic E-state index is -0.720. The molecule has 3 aliphatic carbocycles. The summed E-state index contributed by atoms with van der Waals surface area (Å²) < 4.78 is 40.8. The zero-order valence-electron chi connectivity index (χ0n) is 15.8. The Morgan fingerprint density at radius 3 is 3.00 bits per heavy atom. The highest BCUT2D eigenvalue weighted by Crippen LogP contribution is 2.61. The lowest BCUT2D eigenvalue weighted by Crippen LogP contribution is -2.40. The minimum Gasteiger partial charge on any atom is -0.294 e. The zero-order chi connectivity index (χ0) is 17.2. The molecule has 19 heavy (non-hydrogen) atoms. The van der Waals surface area contributed by atoms with Gasteiger partial charge in [-0.1, -0.05) is 49.2 Å². The third-order valence-corrected chi connectivity index (χ3v) is 5.20. The van der Waals surface area contributed by atoms with Crippen LogP contribution in [0, 0.1) is 11.3 Å². The zero-order valence-corrected chi connectivity index (χ0v) is 10.8. The van der Waals surface area contributed by atoms with Crippen molar-refractivity contribution >= 4 is 5.78 Å². The van der Waals surface area contributed by atoms with E-state index >= 15 is 0 Å². The fraction of sp³-hybridized carbons (Fsp3) is 0.500. The van der Waals surface area contributed by atoms with Gasteiger partial charge in [-0.15, -0.1) is 0 Å². The molecule has 0 amide bonds. The van der Waals surface area contributed by atoms with Crippen molar-refractivity contribution in [1.82, 2.24) is 0 Å². The van der Waals surface area contributed by atoms with E-state index in [9.17, 15) is 4.79 Å². The predicted octanol–water partition coefficient (Wildman–Crippen LogP) is 4.49. The van der Waals surface area contributed by atoms with E-state index in [-0.39, 0.29) is 47.4 Å². The Hall–Kier alpha value is -1.37. The lowest BCUT2D eigenvalue weighted by Gasteiger charge is -2.43. The van der Waals surface area contributed by atoms with Crippen LogP contribution in [-0.2, 0) is 0 Å². The van der Waals surface area contributed by atoms with E-state index in [1.165, 1.54) is 0 Å². The second-order valence-electron chi connectivity index (χ2n) is 5.92.